The number of hydrogen-bond acceptors (Lipinski definition) is 5. The van der Waals surface area contributed by atoms with Gasteiger partial charge in [0.25, 0.3) is 0 Å². The van der Waals surface area contributed by atoms with Gasteiger partial charge < -0.3 is 9.80 Å². The molecule has 0 aliphatic carbocycles. The van der Waals surface area contributed by atoms with E-state index in [2.05, 4.69) is 30.8 Å². The van der Waals surface area contributed by atoms with Crippen molar-refractivity contribution in [2.75, 3.05) is 31.1 Å². The summed E-state index contributed by atoms with van der Waals surface area (Å²) in [6.45, 7) is 7.55. The van der Waals surface area contributed by atoms with E-state index in [0.717, 1.165) is 74.5 Å². The Morgan fingerprint density at radius 3 is 2.52 bits per heavy atom. The van der Waals surface area contributed by atoms with Crippen molar-refractivity contribution in [2.24, 2.45) is 5.92 Å². The Labute approximate surface area is 161 Å². The van der Waals surface area contributed by atoms with Gasteiger partial charge in [-0.15, -0.1) is 0 Å². The monoisotopic (exact) mass is 367 g/mol. The van der Waals surface area contributed by atoms with Gasteiger partial charge >= 0.3 is 0 Å². The van der Waals surface area contributed by atoms with Gasteiger partial charge in [0.05, 0.1) is 29.2 Å². The first-order valence-electron chi connectivity index (χ1n) is 10.3. The second-order valence-electron chi connectivity index (χ2n) is 7.96. The number of fused-ring (bicyclic) bond motifs is 1. The molecule has 2 fully saturated rings. The van der Waals surface area contributed by atoms with Crippen molar-refractivity contribution in [1.29, 1.82) is 0 Å². The first kappa shape index (κ1) is 18.1. The number of aryl methyl sites for hydroxylation is 2. The van der Waals surface area contributed by atoms with Gasteiger partial charge in [-0.05, 0) is 45.6 Å². The maximum absolute atomic E-state index is 13.0. The molecule has 0 radical (unpaired) electrons. The Kier molecular flexibility index (Phi) is 5.23. The molecule has 2 aromatic rings. The number of carbonyl (C=O) groups is 1. The molecule has 0 aromatic carbocycles. The lowest BCUT2D eigenvalue weighted by Gasteiger charge is -2.36. The van der Waals surface area contributed by atoms with Crippen LogP contribution in [0.25, 0.3) is 11.2 Å². The summed E-state index contributed by atoms with van der Waals surface area (Å²) >= 11 is 0. The molecule has 6 heteroatoms. The summed E-state index contributed by atoms with van der Waals surface area (Å²) in [5, 5.41) is 0. The van der Waals surface area contributed by atoms with E-state index in [4.69, 9.17) is 0 Å². The molecule has 1 amide bonds. The fourth-order valence-corrected chi connectivity index (χ4v) is 4.24. The zero-order chi connectivity index (χ0) is 18.8. The Hall–Kier alpha value is -2.24. The number of hydrogen-bond donors (Lipinski definition) is 0. The number of rotatable bonds is 2. The van der Waals surface area contributed by atoms with Crippen LogP contribution in [0.1, 0.15) is 49.9 Å². The van der Waals surface area contributed by atoms with Crippen molar-refractivity contribution >= 4 is 22.8 Å². The third-order valence-electron chi connectivity index (χ3n) is 5.97. The molecule has 4 rings (SSSR count). The fraction of sp³-hybridized carbons (Fsp3) is 0.619. The van der Waals surface area contributed by atoms with Crippen LogP contribution in [0.2, 0.25) is 0 Å². The van der Waals surface area contributed by atoms with Crippen LogP contribution in [0.4, 0.5) is 5.69 Å². The summed E-state index contributed by atoms with van der Waals surface area (Å²) < 4.78 is 0. The van der Waals surface area contributed by atoms with Crippen LogP contribution in [-0.2, 0) is 4.79 Å². The third-order valence-corrected chi connectivity index (χ3v) is 5.97. The minimum absolute atomic E-state index is 0.0957. The number of piperidine rings is 1. The van der Waals surface area contributed by atoms with Gasteiger partial charge in [-0.1, -0.05) is 12.8 Å². The lowest BCUT2D eigenvalue weighted by atomic mass is 9.96. The molecule has 6 nitrogen and oxygen atoms in total. The predicted molar refractivity (Wildman–Crippen MR) is 107 cm³/mol. The summed E-state index contributed by atoms with van der Waals surface area (Å²) in [5.41, 5.74) is 4.43. The van der Waals surface area contributed by atoms with E-state index in [1.807, 2.05) is 20.0 Å². The smallest absolute Gasteiger partial charge is 0.227 e. The van der Waals surface area contributed by atoms with Gasteiger partial charge in [-0.25, -0.2) is 15.0 Å². The van der Waals surface area contributed by atoms with Crippen molar-refractivity contribution in [3.8, 4) is 0 Å². The average molecular weight is 367 g/mol. The zero-order valence-corrected chi connectivity index (χ0v) is 16.4. The molecule has 0 N–H and O–H groups in total. The maximum Gasteiger partial charge on any atom is 0.227 e. The highest BCUT2D eigenvalue weighted by molar-refractivity contribution is 5.80. The second-order valence-corrected chi connectivity index (χ2v) is 7.96. The molecule has 1 unspecified atom stereocenters. The molecular weight excluding hydrogens is 338 g/mol. The number of nitrogens with zero attached hydrogens (tertiary/aromatic N) is 5. The van der Waals surface area contributed by atoms with Crippen LogP contribution in [0.5, 0.6) is 0 Å². The maximum atomic E-state index is 13.0. The molecular formula is C21H29N5O. The number of amides is 1. The first-order chi connectivity index (χ1) is 13.1. The molecule has 0 spiro atoms. The van der Waals surface area contributed by atoms with E-state index in [1.54, 1.807) is 0 Å². The molecule has 144 valence electrons. The normalized spacial score (nSPS) is 21.3. The minimum Gasteiger partial charge on any atom is -0.369 e. The topological polar surface area (TPSA) is 62.2 Å². The molecule has 0 saturated carbocycles. The first-order valence-corrected chi connectivity index (χ1v) is 10.3. The van der Waals surface area contributed by atoms with Crippen LogP contribution in [0.15, 0.2) is 12.3 Å². The highest BCUT2D eigenvalue weighted by Crippen LogP contribution is 2.26. The Morgan fingerprint density at radius 1 is 1.00 bits per heavy atom. The molecule has 2 saturated heterocycles. The van der Waals surface area contributed by atoms with E-state index in [0.29, 0.717) is 11.6 Å². The summed E-state index contributed by atoms with van der Waals surface area (Å²) in [6, 6.07) is 2.07. The van der Waals surface area contributed by atoms with Crippen molar-refractivity contribution < 1.29 is 4.79 Å². The summed E-state index contributed by atoms with van der Waals surface area (Å²) in [5.74, 6) is 0.444. The van der Waals surface area contributed by atoms with Crippen molar-refractivity contribution in [3.05, 3.63) is 23.7 Å². The van der Waals surface area contributed by atoms with Crippen molar-refractivity contribution in [1.82, 2.24) is 19.9 Å². The predicted octanol–water partition coefficient (Wildman–Crippen LogP) is 3.26. The third kappa shape index (κ3) is 3.89. The highest BCUT2D eigenvalue weighted by Gasteiger charge is 2.30. The average Bonchev–Trinajstić information content (AvgIpc) is 2.97. The lowest BCUT2D eigenvalue weighted by Crippen LogP contribution is -2.45. The zero-order valence-electron chi connectivity index (χ0n) is 16.4. The number of carbonyl (C=O) groups excluding carboxylic acids is 1. The summed E-state index contributed by atoms with van der Waals surface area (Å²) in [6.07, 6.45) is 8.71. The van der Waals surface area contributed by atoms with Crippen molar-refractivity contribution in [3.63, 3.8) is 0 Å². The summed E-state index contributed by atoms with van der Waals surface area (Å²) in [7, 11) is 0. The van der Waals surface area contributed by atoms with E-state index < -0.39 is 0 Å². The molecule has 27 heavy (non-hydrogen) atoms. The Bertz CT molecular complexity index is 829. The molecule has 1 atom stereocenters. The van der Waals surface area contributed by atoms with Gasteiger partial charge in [-0.2, -0.15) is 0 Å². The van der Waals surface area contributed by atoms with Gasteiger partial charge in [-0.3, -0.25) is 4.79 Å². The number of likely N-dealkylation sites (tertiary alicyclic amines) is 1. The summed E-state index contributed by atoms with van der Waals surface area (Å²) in [4.78, 5) is 31.1. The van der Waals surface area contributed by atoms with Crippen molar-refractivity contribution in [2.45, 2.75) is 52.4 Å². The number of aromatic nitrogens is 3. The SMILES string of the molecule is Cc1nc2cc(N3CCCC(C(=O)N4CCCCCC4)C3)cnc2nc1C. The minimum atomic E-state index is 0.0957. The highest BCUT2D eigenvalue weighted by atomic mass is 16.2. The number of anilines is 1. The molecule has 2 aromatic heterocycles. The van der Waals surface area contributed by atoms with Gasteiger partial charge in [0.15, 0.2) is 5.65 Å². The Morgan fingerprint density at radius 2 is 1.74 bits per heavy atom. The van der Waals surface area contributed by atoms with E-state index in [9.17, 15) is 4.79 Å². The second kappa shape index (κ2) is 7.79. The number of pyridine rings is 1. The largest absolute Gasteiger partial charge is 0.369 e. The van der Waals surface area contributed by atoms with Gasteiger partial charge in [0, 0.05) is 26.2 Å². The standard InChI is InChI=1S/C21H29N5O/c1-15-16(2)24-20-19(23-15)12-18(13-22-20)26-11-7-8-17(14-26)21(27)25-9-5-3-4-6-10-25/h12-13,17H,3-11,14H2,1-2H3. The molecule has 4 heterocycles. The van der Waals surface area contributed by atoms with Gasteiger partial charge in [0.1, 0.15) is 5.52 Å². The van der Waals surface area contributed by atoms with E-state index in [1.165, 1.54) is 12.8 Å². The van der Waals surface area contributed by atoms with Crippen LogP contribution >= 0.6 is 0 Å². The lowest BCUT2D eigenvalue weighted by molar-refractivity contribution is -0.135. The fourth-order valence-electron chi connectivity index (χ4n) is 4.24. The van der Waals surface area contributed by atoms with Crippen LogP contribution in [0.3, 0.4) is 0 Å². The van der Waals surface area contributed by atoms with Crippen LogP contribution in [0, 0.1) is 19.8 Å². The Balaban J connectivity index is 1.51. The molecule has 2 aliphatic heterocycles. The molecule has 0 bridgehead atoms. The quantitative estimate of drug-likeness (QED) is 0.815. The van der Waals surface area contributed by atoms with E-state index >= 15 is 0 Å². The van der Waals surface area contributed by atoms with Gasteiger partial charge in [0.2, 0.25) is 5.91 Å². The van der Waals surface area contributed by atoms with Crippen LogP contribution in [-0.4, -0.2) is 51.9 Å². The molecule has 2 aliphatic rings. The van der Waals surface area contributed by atoms with E-state index in [-0.39, 0.29) is 5.92 Å². The van der Waals surface area contributed by atoms with Crippen LogP contribution < -0.4 is 4.90 Å².